The molecule has 1 unspecified atom stereocenters. The van der Waals surface area contributed by atoms with E-state index >= 15 is 0 Å². The van der Waals surface area contributed by atoms with Crippen LogP contribution in [0.3, 0.4) is 0 Å². The molecule has 2 nitrogen and oxygen atoms in total. The van der Waals surface area contributed by atoms with Crippen LogP contribution in [-0.2, 0) is 0 Å². The number of nitrogens with one attached hydrogen (secondary N) is 1. The summed E-state index contributed by atoms with van der Waals surface area (Å²) in [6.45, 7) is 7.22. The Balaban J connectivity index is 3.38. The molecule has 0 aliphatic carbocycles. The normalized spacial score (nSPS) is 13.8. The zero-order chi connectivity index (χ0) is 15.3. The van der Waals surface area contributed by atoms with Crippen molar-refractivity contribution in [2.75, 3.05) is 20.6 Å². The number of nitrogens with zero attached hydrogens (tertiary/aromatic N) is 1. The molecular formula is C16H26BrFN2. The van der Waals surface area contributed by atoms with Gasteiger partial charge in [-0.3, -0.25) is 0 Å². The first kappa shape index (κ1) is 17.6. The molecule has 0 saturated carbocycles. The molecule has 0 spiro atoms. The molecule has 0 aromatic heterocycles. The Morgan fingerprint density at radius 2 is 1.85 bits per heavy atom. The zero-order valence-corrected chi connectivity index (χ0v) is 14.7. The average Bonchev–Trinajstić information content (AvgIpc) is 2.42. The van der Waals surface area contributed by atoms with Crippen molar-refractivity contribution in [3.8, 4) is 0 Å². The maximum atomic E-state index is 14.3. The van der Waals surface area contributed by atoms with Crippen molar-refractivity contribution >= 4 is 15.9 Å². The van der Waals surface area contributed by atoms with E-state index in [9.17, 15) is 4.39 Å². The maximum Gasteiger partial charge on any atom is 0.128 e. The van der Waals surface area contributed by atoms with Crippen LogP contribution in [0.15, 0.2) is 22.7 Å². The predicted molar refractivity (Wildman–Crippen MR) is 87.5 cm³/mol. The number of halogens is 2. The minimum Gasteiger partial charge on any atom is -0.309 e. The van der Waals surface area contributed by atoms with Crippen LogP contribution in [-0.4, -0.2) is 31.1 Å². The minimum atomic E-state index is -0.146. The third-order valence-electron chi connectivity index (χ3n) is 4.33. The summed E-state index contributed by atoms with van der Waals surface area (Å²) in [5.41, 5.74) is 0.635. The summed E-state index contributed by atoms with van der Waals surface area (Å²) in [4.78, 5) is 2.22. The lowest BCUT2D eigenvalue weighted by atomic mass is 9.79. The van der Waals surface area contributed by atoms with Crippen LogP contribution < -0.4 is 5.32 Å². The number of likely N-dealkylation sites (N-methyl/N-ethyl adjacent to an activating group) is 2. The van der Waals surface area contributed by atoms with Crippen LogP contribution in [0.2, 0.25) is 0 Å². The predicted octanol–water partition coefficient (Wildman–Crippen LogP) is 4.36. The molecular weight excluding hydrogens is 319 g/mol. The molecule has 0 amide bonds. The molecule has 1 atom stereocenters. The van der Waals surface area contributed by atoms with Crippen LogP contribution in [0, 0.1) is 5.82 Å². The van der Waals surface area contributed by atoms with Crippen molar-refractivity contribution in [1.82, 2.24) is 10.2 Å². The molecule has 4 heteroatoms. The van der Waals surface area contributed by atoms with Gasteiger partial charge in [-0.2, -0.15) is 0 Å². The highest BCUT2D eigenvalue weighted by Gasteiger charge is 2.39. The first-order valence-corrected chi connectivity index (χ1v) is 8.08. The van der Waals surface area contributed by atoms with Gasteiger partial charge in [-0.05, 0) is 51.7 Å². The Morgan fingerprint density at radius 1 is 1.25 bits per heavy atom. The van der Waals surface area contributed by atoms with Gasteiger partial charge in [0.1, 0.15) is 5.82 Å². The molecule has 114 valence electrons. The van der Waals surface area contributed by atoms with Crippen LogP contribution >= 0.6 is 15.9 Å². The van der Waals surface area contributed by atoms with E-state index < -0.39 is 0 Å². The Hall–Kier alpha value is -0.450. The fraction of sp³-hybridized carbons (Fsp3) is 0.625. The highest BCUT2D eigenvalue weighted by atomic mass is 79.9. The van der Waals surface area contributed by atoms with Crippen molar-refractivity contribution in [3.63, 3.8) is 0 Å². The smallest absolute Gasteiger partial charge is 0.128 e. The second-order valence-corrected chi connectivity index (χ2v) is 6.28. The first-order valence-electron chi connectivity index (χ1n) is 7.28. The molecule has 1 aromatic carbocycles. The Morgan fingerprint density at radius 3 is 2.30 bits per heavy atom. The minimum absolute atomic E-state index is 0.0324. The van der Waals surface area contributed by atoms with E-state index in [1.165, 1.54) is 6.07 Å². The summed E-state index contributed by atoms with van der Waals surface area (Å²) in [5.74, 6) is -0.146. The maximum absolute atomic E-state index is 14.3. The van der Waals surface area contributed by atoms with Crippen molar-refractivity contribution in [1.29, 1.82) is 0 Å². The highest BCUT2D eigenvalue weighted by molar-refractivity contribution is 9.10. The number of hydrogen-bond donors (Lipinski definition) is 1. The van der Waals surface area contributed by atoms with Crippen LogP contribution in [0.25, 0.3) is 0 Å². The second kappa shape index (κ2) is 7.53. The third kappa shape index (κ3) is 3.41. The van der Waals surface area contributed by atoms with E-state index in [4.69, 9.17) is 0 Å². The molecule has 0 fully saturated rings. The van der Waals surface area contributed by atoms with E-state index in [1.54, 1.807) is 6.07 Å². The van der Waals surface area contributed by atoms with Gasteiger partial charge in [0.25, 0.3) is 0 Å². The summed E-state index contributed by atoms with van der Waals surface area (Å²) in [7, 11) is 4.15. The van der Waals surface area contributed by atoms with Gasteiger partial charge in [-0.15, -0.1) is 0 Å². The topological polar surface area (TPSA) is 15.3 Å². The molecule has 0 saturated heterocycles. The van der Waals surface area contributed by atoms with E-state index in [0.29, 0.717) is 0 Å². The number of hydrogen-bond acceptors (Lipinski definition) is 2. The summed E-state index contributed by atoms with van der Waals surface area (Å²) < 4.78 is 15.2. The van der Waals surface area contributed by atoms with Gasteiger partial charge < -0.3 is 10.2 Å². The molecule has 0 aliphatic heterocycles. The fourth-order valence-electron chi connectivity index (χ4n) is 3.08. The molecule has 1 N–H and O–H groups in total. The second-order valence-electron chi connectivity index (χ2n) is 5.36. The molecule has 0 heterocycles. The van der Waals surface area contributed by atoms with Gasteiger partial charge in [0.2, 0.25) is 0 Å². The lowest BCUT2D eigenvalue weighted by Crippen LogP contribution is -2.53. The number of rotatable bonds is 7. The van der Waals surface area contributed by atoms with Crippen molar-refractivity contribution in [3.05, 3.63) is 34.1 Å². The SMILES string of the molecule is CCNC(c1cc(Br)ccc1F)C(CC)(CC)N(C)C. The lowest BCUT2D eigenvalue weighted by molar-refractivity contribution is 0.0872. The monoisotopic (exact) mass is 344 g/mol. The summed E-state index contributed by atoms with van der Waals surface area (Å²) in [6.07, 6.45) is 1.92. The van der Waals surface area contributed by atoms with Gasteiger partial charge in [0.05, 0.1) is 6.04 Å². The molecule has 0 bridgehead atoms. The molecule has 1 aromatic rings. The quantitative estimate of drug-likeness (QED) is 0.790. The standard InChI is InChI=1S/C16H26BrFN2/c1-6-16(7-2,20(4)5)15(19-8-3)13-11-12(17)9-10-14(13)18/h9-11,15,19H,6-8H2,1-5H3. The lowest BCUT2D eigenvalue weighted by Gasteiger charge is -2.45. The summed E-state index contributed by atoms with van der Waals surface area (Å²) in [6, 6.07) is 5.15. The van der Waals surface area contributed by atoms with E-state index in [2.05, 4.69) is 61.0 Å². The van der Waals surface area contributed by atoms with Gasteiger partial charge in [-0.1, -0.05) is 36.7 Å². The molecule has 20 heavy (non-hydrogen) atoms. The van der Waals surface area contributed by atoms with Crippen molar-refractivity contribution in [2.45, 2.75) is 45.2 Å². The van der Waals surface area contributed by atoms with Crippen molar-refractivity contribution < 1.29 is 4.39 Å². The Bertz CT molecular complexity index is 430. The Labute approximate surface area is 130 Å². The highest BCUT2D eigenvalue weighted by Crippen LogP contribution is 2.37. The zero-order valence-electron chi connectivity index (χ0n) is 13.1. The average molecular weight is 345 g/mol. The number of benzene rings is 1. The summed E-state index contributed by atoms with van der Waals surface area (Å²) in [5, 5.41) is 3.49. The van der Waals surface area contributed by atoms with Gasteiger partial charge in [-0.25, -0.2) is 4.39 Å². The first-order chi connectivity index (χ1) is 9.42. The van der Waals surface area contributed by atoms with Gasteiger partial charge in [0.15, 0.2) is 0 Å². The van der Waals surface area contributed by atoms with Crippen LogP contribution in [0.5, 0.6) is 0 Å². The van der Waals surface area contributed by atoms with Crippen LogP contribution in [0.1, 0.15) is 45.2 Å². The summed E-state index contributed by atoms with van der Waals surface area (Å²) >= 11 is 3.46. The van der Waals surface area contributed by atoms with Gasteiger partial charge in [0, 0.05) is 15.6 Å². The molecule has 1 rings (SSSR count). The molecule has 0 aliphatic rings. The van der Waals surface area contributed by atoms with Crippen molar-refractivity contribution in [2.24, 2.45) is 0 Å². The van der Waals surface area contributed by atoms with Gasteiger partial charge >= 0.3 is 0 Å². The Kier molecular flexibility index (Phi) is 6.62. The van der Waals surface area contributed by atoms with E-state index in [-0.39, 0.29) is 17.4 Å². The fourth-order valence-corrected chi connectivity index (χ4v) is 3.46. The van der Waals surface area contributed by atoms with E-state index in [1.807, 2.05) is 6.07 Å². The largest absolute Gasteiger partial charge is 0.309 e. The van der Waals surface area contributed by atoms with E-state index in [0.717, 1.165) is 29.4 Å². The molecule has 0 radical (unpaired) electrons. The van der Waals surface area contributed by atoms with Crippen LogP contribution in [0.4, 0.5) is 4.39 Å². The third-order valence-corrected chi connectivity index (χ3v) is 4.82.